The minimum atomic E-state index is -0.429. The summed E-state index contributed by atoms with van der Waals surface area (Å²) in [5.41, 5.74) is -0.221. The van der Waals surface area contributed by atoms with Crippen molar-refractivity contribution in [3.63, 3.8) is 0 Å². The maximum atomic E-state index is 12.2. The number of hydrogen-bond acceptors (Lipinski definition) is 4. The number of nitrogens with one attached hydrogen (secondary N) is 1. The molecule has 1 aliphatic rings. The number of aliphatic hydroxyl groups excluding tert-OH is 1. The highest BCUT2D eigenvalue weighted by Crippen LogP contribution is 2.31. The SMILES string of the molecule is CC(O)CCCCCCCC[N+]1(C)C=Nc2c1c(=O)[nH]c(=O)n2C. The van der Waals surface area contributed by atoms with E-state index in [1.807, 2.05) is 14.0 Å². The van der Waals surface area contributed by atoms with Crippen LogP contribution in [0.1, 0.15) is 51.9 Å². The summed E-state index contributed by atoms with van der Waals surface area (Å²) in [6, 6.07) is 0. The van der Waals surface area contributed by atoms with Crippen LogP contribution in [0.2, 0.25) is 0 Å². The second-order valence-electron chi connectivity index (χ2n) is 6.99. The monoisotopic (exact) mass is 337 g/mol. The Labute approximate surface area is 142 Å². The van der Waals surface area contributed by atoms with Gasteiger partial charge in [-0.1, -0.05) is 25.7 Å². The summed E-state index contributed by atoms with van der Waals surface area (Å²) in [5, 5.41) is 9.22. The van der Waals surface area contributed by atoms with E-state index < -0.39 is 5.69 Å². The van der Waals surface area contributed by atoms with Gasteiger partial charge in [0.2, 0.25) is 11.5 Å². The van der Waals surface area contributed by atoms with Crippen molar-refractivity contribution in [1.82, 2.24) is 14.0 Å². The van der Waals surface area contributed by atoms with Crippen LogP contribution in [-0.4, -0.2) is 40.7 Å². The zero-order chi connectivity index (χ0) is 17.7. The first kappa shape index (κ1) is 18.6. The quantitative estimate of drug-likeness (QED) is 0.532. The number of aliphatic imine (C=N–C) groups is 1. The number of rotatable bonds is 9. The van der Waals surface area contributed by atoms with Gasteiger partial charge in [0.05, 0.1) is 19.7 Å². The fraction of sp³-hybridized carbons (Fsp3) is 0.706. The summed E-state index contributed by atoms with van der Waals surface area (Å²) in [6.45, 7) is 2.63. The minimum absolute atomic E-state index is 0.196. The average molecular weight is 337 g/mol. The summed E-state index contributed by atoms with van der Waals surface area (Å²) in [5.74, 6) is 0.462. The molecule has 1 aliphatic heterocycles. The average Bonchev–Trinajstić information content (AvgIpc) is 2.86. The molecule has 7 heteroatoms. The topological polar surface area (TPSA) is 87.5 Å². The predicted molar refractivity (Wildman–Crippen MR) is 97.0 cm³/mol. The van der Waals surface area contributed by atoms with Crippen LogP contribution in [0.5, 0.6) is 0 Å². The lowest BCUT2D eigenvalue weighted by Gasteiger charge is -2.24. The Morgan fingerprint density at radius 1 is 1.21 bits per heavy atom. The molecule has 2 rings (SSSR count). The Bertz CT molecular complexity index is 705. The van der Waals surface area contributed by atoms with E-state index in [0.29, 0.717) is 16.0 Å². The first-order valence-electron chi connectivity index (χ1n) is 8.77. The van der Waals surface area contributed by atoms with Gasteiger partial charge in [0.1, 0.15) is 0 Å². The molecular formula is C17H29N4O3+. The van der Waals surface area contributed by atoms with Gasteiger partial charge in [-0.15, -0.1) is 0 Å². The van der Waals surface area contributed by atoms with Gasteiger partial charge in [0.25, 0.3) is 0 Å². The standard InChI is InChI=1S/C17H28N4O3/c1-13(22)10-8-6-4-5-7-9-11-21(3)12-18-15-14(21)16(23)19-17(24)20(15)2/h12-13,22H,4-11H2,1-3H3/p+1. The Morgan fingerprint density at radius 3 is 2.50 bits per heavy atom. The lowest BCUT2D eigenvalue weighted by molar-refractivity contribution is 0.180. The van der Waals surface area contributed by atoms with Crippen molar-refractivity contribution in [3.8, 4) is 0 Å². The third-order valence-electron chi connectivity index (χ3n) is 4.71. The van der Waals surface area contributed by atoms with Crippen molar-refractivity contribution in [2.45, 2.75) is 58.0 Å². The number of unbranched alkanes of at least 4 members (excludes halogenated alkanes) is 5. The molecule has 0 saturated carbocycles. The van der Waals surface area contributed by atoms with E-state index >= 15 is 0 Å². The van der Waals surface area contributed by atoms with Crippen LogP contribution in [-0.2, 0) is 7.05 Å². The van der Waals surface area contributed by atoms with Crippen LogP contribution in [0, 0.1) is 0 Å². The number of H-pyrrole nitrogens is 1. The summed E-state index contributed by atoms with van der Waals surface area (Å²) in [6.07, 6.45) is 9.11. The number of aliphatic hydroxyl groups is 1. The van der Waals surface area contributed by atoms with Gasteiger partial charge in [-0.05, 0) is 26.2 Å². The zero-order valence-corrected chi connectivity index (χ0v) is 14.9. The third kappa shape index (κ3) is 4.21. The number of fused-ring (bicyclic) bond motifs is 1. The van der Waals surface area contributed by atoms with Crippen molar-refractivity contribution in [2.24, 2.45) is 12.0 Å². The van der Waals surface area contributed by atoms with Gasteiger partial charge in [0.15, 0.2) is 6.34 Å². The molecule has 0 radical (unpaired) electrons. The van der Waals surface area contributed by atoms with E-state index in [0.717, 1.165) is 45.1 Å². The molecule has 0 fully saturated rings. The molecule has 7 nitrogen and oxygen atoms in total. The highest BCUT2D eigenvalue weighted by Gasteiger charge is 2.36. The van der Waals surface area contributed by atoms with E-state index in [9.17, 15) is 14.7 Å². The predicted octanol–water partition coefficient (Wildman–Crippen LogP) is 1.80. The fourth-order valence-corrected chi connectivity index (χ4v) is 3.20. The number of aromatic amines is 1. The van der Waals surface area contributed by atoms with Crippen molar-refractivity contribution in [2.75, 3.05) is 13.6 Å². The molecule has 0 amide bonds. The van der Waals surface area contributed by atoms with Gasteiger partial charge in [-0.25, -0.2) is 9.28 Å². The number of hydrogen-bond donors (Lipinski definition) is 2. The maximum Gasteiger partial charge on any atom is 0.330 e. The Kier molecular flexibility index (Phi) is 6.12. The van der Waals surface area contributed by atoms with Crippen molar-refractivity contribution >= 4 is 17.8 Å². The molecule has 1 aromatic rings. The first-order chi connectivity index (χ1) is 11.3. The lowest BCUT2D eigenvalue weighted by atomic mass is 10.1. The smallest absolute Gasteiger partial charge is 0.330 e. The first-order valence-corrected chi connectivity index (χ1v) is 8.77. The Balaban J connectivity index is 1.83. The molecule has 2 heterocycles. The lowest BCUT2D eigenvalue weighted by Crippen LogP contribution is -2.47. The van der Waals surface area contributed by atoms with Crippen LogP contribution in [0.15, 0.2) is 14.6 Å². The van der Waals surface area contributed by atoms with Gasteiger partial charge >= 0.3 is 11.2 Å². The number of quaternary nitrogens is 1. The molecule has 1 aromatic heterocycles. The molecule has 0 aromatic carbocycles. The molecule has 2 unspecified atom stereocenters. The molecule has 24 heavy (non-hydrogen) atoms. The molecule has 0 saturated heterocycles. The zero-order valence-electron chi connectivity index (χ0n) is 14.9. The summed E-state index contributed by atoms with van der Waals surface area (Å²) in [4.78, 5) is 30.5. The third-order valence-corrected chi connectivity index (χ3v) is 4.71. The minimum Gasteiger partial charge on any atom is -0.393 e. The normalized spacial score (nSPS) is 20.3. The van der Waals surface area contributed by atoms with Crippen LogP contribution >= 0.6 is 0 Å². The van der Waals surface area contributed by atoms with Gasteiger partial charge < -0.3 is 5.11 Å². The van der Waals surface area contributed by atoms with Gasteiger partial charge in [0, 0.05) is 7.05 Å². The largest absolute Gasteiger partial charge is 0.393 e. The molecule has 2 atom stereocenters. The summed E-state index contributed by atoms with van der Waals surface area (Å²) in [7, 11) is 3.58. The molecule has 134 valence electrons. The van der Waals surface area contributed by atoms with Crippen molar-refractivity contribution < 1.29 is 5.11 Å². The molecule has 0 spiro atoms. The Hall–Kier alpha value is -1.73. The van der Waals surface area contributed by atoms with Crippen LogP contribution in [0.4, 0.5) is 11.5 Å². The van der Waals surface area contributed by atoms with E-state index in [1.165, 1.54) is 11.0 Å². The number of nitrogens with zero attached hydrogens (tertiary/aromatic N) is 3. The van der Waals surface area contributed by atoms with E-state index in [1.54, 1.807) is 13.4 Å². The second-order valence-corrected chi connectivity index (χ2v) is 6.99. The maximum absolute atomic E-state index is 12.2. The van der Waals surface area contributed by atoms with Crippen LogP contribution in [0.3, 0.4) is 0 Å². The van der Waals surface area contributed by atoms with E-state index in [4.69, 9.17) is 0 Å². The van der Waals surface area contributed by atoms with Gasteiger partial charge in [-0.2, -0.15) is 4.99 Å². The van der Waals surface area contributed by atoms with Crippen molar-refractivity contribution in [3.05, 3.63) is 20.8 Å². The highest BCUT2D eigenvalue weighted by molar-refractivity contribution is 5.86. The number of aromatic nitrogens is 2. The molecular weight excluding hydrogens is 308 g/mol. The summed E-state index contributed by atoms with van der Waals surface area (Å²) >= 11 is 0. The van der Waals surface area contributed by atoms with Crippen molar-refractivity contribution in [1.29, 1.82) is 0 Å². The Morgan fingerprint density at radius 2 is 1.83 bits per heavy atom. The fourth-order valence-electron chi connectivity index (χ4n) is 3.20. The molecule has 2 N–H and O–H groups in total. The van der Waals surface area contributed by atoms with E-state index in [-0.39, 0.29) is 11.7 Å². The highest BCUT2D eigenvalue weighted by atomic mass is 16.3. The van der Waals surface area contributed by atoms with Crippen LogP contribution < -0.4 is 15.7 Å². The van der Waals surface area contributed by atoms with E-state index in [2.05, 4.69) is 9.98 Å². The van der Waals surface area contributed by atoms with Gasteiger partial charge in [-0.3, -0.25) is 14.3 Å². The second kappa shape index (κ2) is 7.90. The molecule has 0 aliphatic carbocycles. The molecule has 0 bridgehead atoms. The van der Waals surface area contributed by atoms with Crippen LogP contribution in [0.25, 0.3) is 0 Å². The summed E-state index contributed by atoms with van der Waals surface area (Å²) < 4.78 is 1.74.